The number of hydrogen-bond donors (Lipinski definition) is 2. The van der Waals surface area contributed by atoms with Gasteiger partial charge in [0.2, 0.25) is 0 Å². The van der Waals surface area contributed by atoms with Crippen molar-refractivity contribution in [3.8, 4) is 0 Å². The summed E-state index contributed by atoms with van der Waals surface area (Å²) < 4.78 is 0. The smallest absolute Gasteiger partial charge is 0.120 e. The number of benzene rings is 1. The second-order valence-corrected chi connectivity index (χ2v) is 4.71. The van der Waals surface area contributed by atoms with Gasteiger partial charge in [0.25, 0.3) is 0 Å². The van der Waals surface area contributed by atoms with Crippen LogP contribution in [0, 0.1) is 0 Å². The van der Waals surface area contributed by atoms with E-state index in [-0.39, 0.29) is 6.61 Å². The molecular formula is C12H14N2OS. The third kappa shape index (κ3) is 2.23. The number of hydrogen-bond acceptors (Lipinski definition) is 4. The number of nitrogens with one attached hydrogen (secondary N) is 1. The third-order valence-electron chi connectivity index (χ3n) is 2.41. The van der Waals surface area contributed by atoms with Gasteiger partial charge in [-0.2, -0.15) is 0 Å². The lowest BCUT2D eigenvalue weighted by molar-refractivity contribution is 0.223. The summed E-state index contributed by atoms with van der Waals surface area (Å²) in [6.45, 7) is 1.95. The molecule has 84 valence electrons. The fourth-order valence-electron chi connectivity index (χ4n) is 1.50. The Hall–Kier alpha value is -1.39. The fourth-order valence-corrected chi connectivity index (χ4v) is 2.24. The van der Waals surface area contributed by atoms with Crippen LogP contribution in [0.4, 0.5) is 5.69 Å². The van der Waals surface area contributed by atoms with Crippen molar-refractivity contribution in [2.45, 2.75) is 12.5 Å². The van der Waals surface area contributed by atoms with E-state index in [1.165, 1.54) is 0 Å². The van der Waals surface area contributed by atoms with Crippen molar-refractivity contribution in [3.05, 3.63) is 46.9 Å². The predicted octanol–water partition coefficient (Wildman–Crippen LogP) is 2.46. The molecule has 1 atom stereocenters. The summed E-state index contributed by atoms with van der Waals surface area (Å²) in [6, 6.07) is 9.83. The molecule has 0 saturated carbocycles. The number of thiazole rings is 1. The first kappa shape index (κ1) is 11.1. The highest BCUT2D eigenvalue weighted by Crippen LogP contribution is 2.26. The molecule has 2 N–H and O–H groups in total. The van der Waals surface area contributed by atoms with Gasteiger partial charge in [-0.3, -0.25) is 0 Å². The zero-order valence-corrected chi connectivity index (χ0v) is 9.87. The van der Waals surface area contributed by atoms with Crippen LogP contribution in [-0.4, -0.2) is 16.7 Å². The Morgan fingerprint density at radius 1 is 1.38 bits per heavy atom. The van der Waals surface area contributed by atoms with E-state index < -0.39 is 5.54 Å². The van der Waals surface area contributed by atoms with Gasteiger partial charge in [-0.25, -0.2) is 4.98 Å². The van der Waals surface area contributed by atoms with Crippen LogP contribution in [0.5, 0.6) is 0 Å². The molecule has 1 unspecified atom stereocenters. The van der Waals surface area contributed by atoms with Gasteiger partial charge in [0, 0.05) is 17.3 Å². The van der Waals surface area contributed by atoms with Crippen molar-refractivity contribution in [1.29, 1.82) is 0 Å². The molecule has 1 aromatic heterocycles. The van der Waals surface area contributed by atoms with E-state index in [9.17, 15) is 5.11 Å². The molecule has 0 radical (unpaired) electrons. The molecule has 2 rings (SSSR count). The lowest BCUT2D eigenvalue weighted by Crippen LogP contribution is -2.35. The topological polar surface area (TPSA) is 45.1 Å². The summed E-state index contributed by atoms with van der Waals surface area (Å²) in [4.78, 5) is 4.25. The number of para-hydroxylation sites is 1. The summed E-state index contributed by atoms with van der Waals surface area (Å²) in [5.41, 5.74) is 0.462. The van der Waals surface area contributed by atoms with Crippen LogP contribution in [-0.2, 0) is 5.54 Å². The quantitative estimate of drug-likeness (QED) is 0.854. The Labute approximate surface area is 98.8 Å². The van der Waals surface area contributed by atoms with Gasteiger partial charge < -0.3 is 10.4 Å². The number of anilines is 1. The van der Waals surface area contributed by atoms with Gasteiger partial charge >= 0.3 is 0 Å². The standard InChI is InChI=1S/C12H14N2OS/c1-12(9-15,11-13-7-8-16-11)14-10-5-3-2-4-6-10/h2-8,14-15H,9H2,1H3. The fraction of sp³-hybridized carbons (Fsp3) is 0.250. The minimum absolute atomic E-state index is 0.00933. The maximum atomic E-state index is 9.52. The molecule has 0 aliphatic rings. The first-order chi connectivity index (χ1) is 7.74. The highest BCUT2D eigenvalue weighted by Gasteiger charge is 2.28. The van der Waals surface area contributed by atoms with Crippen LogP contribution in [0.15, 0.2) is 41.9 Å². The predicted molar refractivity (Wildman–Crippen MR) is 66.6 cm³/mol. The van der Waals surface area contributed by atoms with Gasteiger partial charge in [0.1, 0.15) is 10.5 Å². The number of aliphatic hydroxyl groups is 1. The molecule has 0 bridgehead atoms. The molecule has 1 heterocycles. The summed E-state index contributed by atoms with van der Waals surface area (Å²) in [6.07, 6.45) is 1.75. The summed E-state index contributed by atoms with van der Waals surface area (Å²) in [5.74, 6) is 0. The van der Waals surface area contributed by atoms with Crippen molar-refractivity contribution >= 4 is 17.0 Å². The third-order valence-corrected chi connectivity index (χ3v) is 3.45. The number of aromatic nitrogens is 1. The molecule has 3 nitrogen and oxygen atoms in total. The average molecular weight is 234 g/mol. The SMILES string of the molecule is CC(CO)(Nc1ccccc1)c1nccs1. The molecular weight excluding hydrogens is 220 g/mol. The average Bonchev–Trinajstić information content (AvgIpc) is 2.84. The van der Waals surface area contributed by atoms with Gasteiger partial charge in [-0.05, 0) is 19.1 Å². The van der Waals surface area contributed by atoms with E-state index >= 15 is 0 Å². The van der Waals surface area contributed by atoms with Gasteiger partial charge in [-0.15, -0.1) is 11.3 Å². The number of nitrogens with zero attached hydrogens (tertiary/aromatic N) is 1. The molecule has 0 amide bonds. The summed E-state index contributed by atoms with van der Waals surface area (Å²) in [5, 5.41) is 15.6. The lowest BCUT2D eigenvalue weighted by Gasteiger charge is -2.27. The molecule has 0 fully saturated rings. The van der Waals surface area contributed by atoms with E-state index in [1.54, 1.807) is 17.5 Å². The van der Waals surface area contributed by atoms with Gasteiger partial charge in [0.15, 0.2) is 0 Å². The van der Waals surface area contributed by atoms with Gasteiger partial charge in [-0.1, -0.05) is 18.2 Å². The molecule has 4 heteroatoms. The van der Waals surface area contributed by atoms with Crippen LogP contribution in [0.3, 0.4) is 0 Å². The Balaban J connectivity index is 2.23. The lowest BCUT2D eigenvalue weighted by atomic mass is 10.0. The second kappa shape index (κ2) is 4.63. The zero-order valence-electron chi connectivity index (χ0n) is 9.05. The van der Waals surface area contributed by atoms with Crippen molar-refractivity contribution in [2.75, 3.05) is 11.9 Å². The molecule has 16 heavy (non-hydrogen) atoms. The highest BCUT2D eigenvalue weighted by molar-refractivity contribution is 7.09. The molecule has 0 spiro atoms. The molecule has 0 aliphatic heterocycles. The Kier molecular flexibility index (Phi) is 3.22. The van der Waals surface area contributed by atoms with Crippen LogP contribution >= 0.6 is 11.3 Å². The molecule has 2 aromatic rings. The van der Waals surface area contributed by atoms with Crippen molar-refractivity contribution in [1.82, 2.24) is 4.98 Å². The summed E-state index contributed by atoms with van der Waals surface area (Å²) >= 11 is 1.54. The normalized spacial score (nSPS) is 14.4. The largest absolute Gasteiger partial charge is 0.393 e. The molecule has 1 aromatic carbocycles. The maximum absolute atomic E-state index is 9.52. The van der Waals surface area contributed by atoms with Crippen molar-refractivity contribution in [2.24, 2.45) is 0 Å². The zero-order chi connectivity index (χ0) is 11.4. The van der Waals surface area contributed by atoms with Gasteiger partial charge in [0.05, 0.1) is 6.61 Å². The molecule has 0 saturated heterocycles. The Morgan fingerprint density at radius 3 is 2.69 bits per heavy atom. The van der Waals surface area contributed by atoms with E-state index in [4.69, 9.17) is 0 Å². The van der Waals surface area contributed by atoms with Crippen LogP contribution in [0.1, 0.15) is 11.9 Å². The van der Waals surface area contributed by atoms with E-state index in [0.29, 0.717) is 0 Å². The minimum Gasteiger partial charge on any atom is -0.393 e. The van der Waals surface area contributed by atoms with Crippen LogP contribution in [0.25, 0.3) is 0 Å². The first-order valence-corrected chi connectivity index (χ1v) is 5.97. The number of aliphatic hydroxyl groups excluding tert-OH is 1. The van der Waals surface area contributed by atoms with Crippen molar-refractivity contribution in [3.63, 3.8) is 0 Å². The number of rotatable bonds is 4. The minimum atomic E-state index is -0.518. The molecule has 0 aliphatic carbocycles. The highest BCUT2D eigenvalue weighted by atomic mass is 32.1. The maximum Gasteiger partial charge on any atom is 0.120 e. The summed E-state index contributed by atoms with van der Waals surface area (Å²) in [7, 11) is 0. The van der Waals surface area contributed by atoms with E-state index in [1.807, 2.05) is 42.6 Å². The Bertz CT molecular complexity index is 430. The van der Waals surface area contributed by atoms with Crippen molar-refractivity contribution < 1.29 is 5.11 Å². The Morgan fingerprint density at radius 2 is 2.12 bits per heavy atom. The first-order valence-electron chi connectivity index (χ1n) is 5.09. The van der Waals surface area contributed by atoms with Crippen LogP contribution < -0.4 is 5.32 Å². The van der Waals surface area contributed by atoms with Crippen LogP contribution in [0.2, 0.25) is 0 Å². The van der Waals surface area contributed by atoms with E-state index in [2.05, 4.69) is 10.3 Å². The monoisotopic (exact) mass is 234 g/mol. The van der Waals surface area contributed by atoms with E-state index in [0.717, 1.165) is 10.7 Å². The second-order valence-electron chi connectivity index (χ2n) is 3.82.